The van der Waals surface area contributed by atoms with Crippen LogP contribution in [-0.2, 0) is 16.6 Å². The van der Waals surface area contributed by atoms with Gasteiger partial charge in [0.2, 0.25) is 10.0 Å². The first kappa shape index (κ1) is 16.5. The summed E-state index contributed by atoms with van der Waals surface area (Å²) >= 11 is 0. The second kappa shape index (κ2) is 7.38. The quantitative estimate of drug-likeness (QED) is 0.822. The maximum Gasteiger partial charge on any atom is 0.243 e. The molecule has 1 aliphatic heterocycles. The normalized spacial score (nSPS) is 17.0. The fourth-order valence-corrected chi connectivity index (χ4v) is 4.56. The Bertz CT molecular complexity index is 564. The Kier molecular flexibility index (Phi) is 5.79. The molecule has 1 aromatic carbocycles. The van der Waals surface area contributed by atoms with Crippen LogP contribution >= 0.6 is 0 Å². The van der Waals surface area contributed by atoms with Gasteiger partial charge in [0.15, 0.2) is 0 Å². The molecule has 0 unspecified atom stereocenters. The average Bonchev–Trinajstić information content (AvgIpc) is 2.50. The molecule has 0 bridgehead atoms. The van der Waals surface area contributed by atoms with Crippen molar-refractivity contribution in [2.45, 2.75) is 51.0 Å². The smallest absolute Gasteiger partial charge is 0.243 e. The summed E-state index contributed by atoms with van der Waals surface area (Å²) in [5.41, 5.74) is 1.95. The fraction of sp³-hybridized carbons (Fsp3) is 0.625. The van der Waals surface area contributed by atoms with Gasteiger partial charge in [-0.3, -0.25) is 0 Å². The Labute approximate surface area is 128 Å². The maximum absolute atomic E-state index is 12.8. The first-order chi connectivity index (χ1) is 10.1. The second-order valence-corrected chi connectivity index (χ2v) is 7.59. The van der Waals surface area contributed by atoms with Crippen molar-refractivity contribution in [3.63, 3.8) is 0 Å². The molecule has 0 saturated carbocycles. The lowest BCUT2D eigenvalue weighted by Gasteiger charge is -2.27. The minimum atomic E-state index is -3.34. The zero-order valence-corrected chi connectivity index (χ0v) is 13.9. The van der Waals surface area contributed by atoms with Crippen molar-refractivity contribution in [2.24, 2.45) is 0 Å². The summed E-state index contributed by atoms with van der Waals surface area (Å²) < 4.78 is 27.2. The first-order valence-corrected chi connectivity index (χ1v) is 9.30. The van der Waals surface area contributed by atoms with Crippen LogP contribution < -0.4 is 5.32 Å². The molecule has 1 fully saturated rings. The molecule has 0 radical (unpaired) electrons. The van der Waals surface area contributed by atoms with Crippen LogP contribution in [0.2, 0.25) is 0 Å². The van der Waals surface area contributed by atoms with Crippen molar-refractivity contribution in [3.8, 4) is 0 Å². The summed E-state index contributed by atoms with van der Waals surface area (Å²) in [6.45, 7) is 7.02. The van der Waals surface area contributed by atoms with E-state index in [0.717, 1.165) is 49.9 Å². The van der Waals surface area contributed by atoms with E-state index in [1.54, 1.807) is 10.4 Å². The molecule has 118 valence electrons. The predicted molar refractivity (Wildman–Crippen MR) is 85.8 cm³/mol. The van der Waals surface area contributed by atoms with Gasteiger partial charge >= 0.3 is 0 Å². The Morgan fingerprint density at radius 1 is 1.19 bits per heavy atom. The van der Waals surface area contributed by atoms with E-state index >= 15 is 0 Å². The zero-order chi connectivity index (χ0) is 15.3. The second-order valence-electron chi connectivity index (χ2n) is 5.68. The third-order valence-electron chi connectivity index (χ3n) is 4.07. The Hall–Kier alpha value is -0.910. The molecule has 1 aliphatic rings. The van der Waals surface area contributed by atoms with E-state index in [1.807, 2.05) is 19.1 Å². The number of piperidine rings is 1. The van der Waals surface area contributed by atoms with Gasteiger partial charge in [-0.2, -0.15) is 4.31 Å². The highest BCUT2D eigenvalue weighted by atomic mass is 32.2. The van der Waals surface area contributed by atoms with E-state index in [9.17, 15) is 8.42 Å². The summed E-state index contributed by atoms with van der Waals surface area (Å²) in [5.74, 6) is 0. The van der Waals surface area contributed by atoms with E-state index in [4.69, 9.17) is 0 Å². The SMILES string of the molecule is CCCNCc1cccc(S(=O)(=O)N2CCCCC2)c1C. The van der Waals surface area contributed by atoms with Crippen LogP contribution in [0.4, 0.5) is 0 Å². The van der Waals surface area contributed by atoms with Crippen molar-refractivity contribution in [1.29, 1.82) is 0 Å². The standard InChI is InChI=1S/C16H26N2O2S/c1-3-10-17-13-15-8-7-9-16(14(15)2)21(19,20)18-11-5-4-6-12-18/h7-9,17H,3-6,10-13H2,1-2H3. The number of hydrogen-bond donors (Lipinski definition) is 1. The van der Waals surface area contributed by atoms with E-state index in [0.29, 0.717) is 18.0 Å². The molecule has 21 heavy (non-hydrogen) atoms. The lowest BCUT2D eigenvalue weighted by Crippen LogP contribution is -2.36. The van der Waals surface area contributed by atoms with Gasteiger partial charge in [-0.1, -0.05) is 25.5 Å². The van der Waals surface area contributed by atoms with Crippen molar-refractivity contribution in [2.75, 3.05) is 19.6 Å². The Balaban J connectivity index is 2.24. The molecule has 1 saturated heterocycles. The number of benzene rings is 1. The van der Waals surface area contributed by atoms with E-state index < -0.39 is 10.0 Å². The topological polar surface area (TPSA) is 49.4 Å². The molecule has 0 spiro atoms. The predicted octanol–water partition coefficient (Wildman–Crippen LogP) is 2.67. The molecule has 5 heteroatoms. The van der Waals surface area contributed by atoms with Gasteiger partial charge in [0.25, 0.3) is 0 Å². The number of nitrogens with one attached hydrogen (secondary N) is 1. The lowest BCUT2D eigenvalue weighted by atomic mass is 10.1. The fourth-order valence-electron chi connectivity index (χ4n) is 2.78. The van der Waals surface area contributed by atoms with Crippen LogP contribution in [0.15, 0.2) is 23.1 Å². The van der Waals surface area contributed by atoms with Gasteiger partial charge in [0, 0.05) is 19.6 Å². The molecule has 1 N–H and O–H groups in total. The molecule has 0 aliphatic carbocycles. The third kappa shape index (κ3) is 3.84. The van der Waals surface area contributed by atoms with Crippen LogP contribution in [0.25, 0.3) is 0 Å². The van der Waals surface area contributed by atoms with Crippen molar-refractivity contribution in [1.82, 2.24) is 9.62 Å². The largest absolute Gasteiger partial charge is 0.313 e. The highest BCUT2D eigenvalue weighted by Crippen LogP contribution is 2.25. The van der Waals surface area contributed by atoms with Crippen molar-refractivity contribution < 1.29 is 8.42 Å². The maximum atomic E-state index is 12.8. The van der Waals surface area contributed by atoms with Crippen LogP contribution in [0, 0.1) is 6.92 Å². The summed E-state index contributed by atoms with van der Waals surface area (Å²) in [5, 5.41) is 3.34. The van der Waals surface area contributed by atoms with E-state index in [-0.39, 0.29) is 0 Å². The van der Waals surface area contributed by atoms with Crippen LogP contribution in [0.1, 0.15) is 43.7 Å². The molecule has 1 aromatic rings. The minimum Gasteiger partial charge on any atom is -0.313 e. The zero-order valence-electron chi connectivity index (χ0n) is 13.1. The molecular formula is C16H26N2O2S. The number of rotatable bonds is 6. The first-order valence-electron chi connectivity index (χ1n) is 7.86. The number of nitrogens with zero attached hydrogens (tertiary/aromatic N) is 1. The molecule has 4 nitrogen and oxygen atoms in total. The lowest BCUT2D eigenvalue weighted by molar-refractivity contribution is 0.346. The van der Waals surface area contributed by atoms with Gasteiger partial charge < -0.3 is 5.32 Å². The Morgan fingerprint density at radius 3 is 2.57 bits per heavy atom. The van der Waals surface area contributed by atoms with Crippen LogP contribution in [0.3, 0.4) is 0 Å². The van der Waals surface area contributed by atoms with Gasteiger partial charge in [0.05, 0.1) is 4.90 Å². The number of sulfonamides is 1. The third-order valence-corrected chi connectivity index (χ3v) is 6.11. The van der Waals surface area contributed by atoms with Gasteiger partial charge in [0.1, 0.15) is 0 Å². The molecule has 0 amide bonds. The molecular weight excluding hydrogens is 284 g/mol. The monoisotopic (exact) mass is 310 g/mol. The van der Waals surface area contributed by atoms with E-state index in [2.05, 4.69) is 12.2 Å². The van der Waals surface area contributed by atoms with Gasteiger partial charge in [-0.05, 0) is 49.9 Å². The van der Waals surface area contributed by atoms with Crippen molar-refractivity contribution in [3.05, 3.63) is 29.3 Å². The molecule has 1 heterocycles. The minimum absolute atomic E-state index is 0.472. The molecule has 2 rings (SSSR count). The summed E-state index contributed by atoms with van der Waals surface area (Å²) in [4.78, 5) is 0.472. The Morgan fingerprint density at radius 2 is 1.90 bits per heavy atom. The highest BCUT2D eigenvalue weighted by Gasteiger charge is 2.27. The van der Waals surface area contributed by atoms with Crippen LogP contribution in [0.5, 0.6) is 0 Å². The van der Waals surface area contributed by atoms with Crippen LogP contribution in [-0.4, -0.2) is 32.4 Å². The summed E-state index contributed by atoms with van der Waals surface area (Å²) in [7, 11) is -3.34. The summed E-state index contributed by atoms with van der Waals surface area (Å²) in [6, 6.07) is 5.60. The number of hydrogen-bond acceptors (Lipinski definition) is 3. The van der Waals surface area contributed by atoms with Crippen molar-refractivity contribution >= 4 is 10.0 Å². The highest BCUT2D eigenvalue weighted by molar-refractivity contribution is 7.89. The van der Waals surface area contributed by atoms with Gasteiger partial charge in [-0.25, -0.2) is 8.42 Å². The van der Waals surface area contributed by atoms with Gasteiger partial charge in [-0.15, -0.1) is 0 Å². The average molecular weight is 310 g/mol. The van der Waals surface area contributed by atoms with E-state index in [1.165, 1.54) is 0 Å². The molecule has 0 atom stereocenters. The summed E-state index contributed by atoms with van der Waals surface area (Å²) in [6.07, 6.45) is 4.14. The molecule has 0 aromatic heterocycles.